The van der Waals surface area contributed by atoms with Crippen LogP contribution in [0.3, 0.4) is 0 Å². The fraction of sp³-hybridized carbons (Fsp3) is 0. The van der Waals surface area contributed by atoms with Gasteiger partial charge in [-0.1, -0.05) is 0 Å². The Balaban J connectivity index is 2.25. The number of hydrogen-bond donors (Lipinski definition) is 2. The highest BCUT2D eigenvalue weighted by atomic mass is 19.1. The lowest BCUT2D eigenvalue weighted by Crippen LogP contribution is -2.15. The summed E-state index contributed by atoms with van der Waals surface area (Å²) in [4.78, 5) is 16.0. The van der Waals surface area contributed by atoms with E-state index in [1.807, 2.05) is 0 Å². The predicted molar refractivity (Wildman–Crippen MR) is 63.4 cm³/mol. The third kappa shape index (κ3) is 1.53. The number of aromatic amines is 1. The third-order valence-corrected chi connectivity index (χ3v) is 2.56. The zero-order valence-corrected chi connectivity index (χ0v) is 9.09. The summed E-state index contributed by atoms with van der Waals surface area (Å²) in [5.74, 6) is -0.0465. The average molecular weight is 245 g/mol. The average Bonchev–Trinajstić information content (AvgIpc) is 2.72. The van der Waals surface area contributed by atoms with Crippen molar-refractivity contribution >= 4 is 11.7 Å². The minimum absolute atomic E-state index is 0.0492. The molecule has 90 valence electrons. The predicted octanol–water partition coefficient (Wildman–Crippen LogP) is 0.806. The quantitative estimate of drug-likeness (QED) is 0.663. The molecule has 0 spiro atoms. The Morgan fingerprint density at radius 3 is 2.72 bits per heavy atom. The van der Waals surface area contributed by atoms with E-state index in [0.717, 1.165) is 4.40 Å². The van der Waals surface area contributed by atoms with E-state index < -0.39 is 0 Å². The summed E-state index contributed by atoms with van der Waals surface area (Å²) in [6.45, 7) is 0. The van der Waals surface area contributed by atoms with Gasteiger partial charge in [0.05, 0.1) is 5.69 Å². The first-order chi connectivity index (χ1) is 8.65. The highest BCUT2D eigenvalue weighted by molar-refractivity contribution is 5.60. The van der Waals surface area contributed by atoms with E-state index in [9.17, 15) is 9.18 Å². The van der Waals surface area contributed by atoms with E-state index in [1.165, 1.54) is 18.2 Å². The summed E-state index contributed by atoms with van der Waals surface area (Å²) < 4.78 is 14.0. The summed E-state index contributed by atoms with van der Waals surface area (Å²) in [7, 11) is 0. The van der Waals surface area contributed by atoms with Gasteiger partial charge in [-0.05, 0) is 24.3 Å². The molecule has 0 saturated carbocycles. The molecule has 0 aliphatic carbocycles. The second-order valence-corrected chi connectivity index (χ2v) is 3.73. The van der Waals surface area contributed by atoms with Crippen LogP contribution in [0.25, 0.3) is 17.0 Å². The van der Waals surface area contributed by atoms with Gasteiger partial charge in [0, 0.05) is 11.6 Å². The van der Waals surface area contributed by atoms with E-state index in [0.29, 0.717) is 11.3 Å². The molecule has 0 aliphatic heterocycles. The van der Waals surface area contributed by atoms with Crippen molar-refractivity contribution in [2.24, 2.45) is 0 Å². The van der Waals surface area contributed by atoms with Crippen LogP contribution in [0.5, 0.6) is 0 Å². The Hall–Kier alpha value is -2.70. The minimum atomic E-state index is -0.345. The number of anilines is 1. The van der Waals surface area contributed by atoms with Crippen LogP contribution in [0, 0.1) is 5.82 Å². The SMILES string of the molecule is Nc1n[nH]c2nc(-c3ccc(F)cc3)cc(=O)n12. The number of fused-ring (bicyclic) bond motifs is 1. The number of H-pyrrole nitrogens is 1. The summed E-state index contributed by atoms with van der Waals surface area (Å²) >= 11 is 0. The summed E-state index contributed by atoms with van der Waals surface area (Å²) in [6.07, 6.45) is 0. The fourth-order valence-corrected chi connectivity index (χ4v) is 1.70. The van der Waals surface area contributed by atoms with Crippen LogP contribution in [0.2, 0.25) is 0 Å². The van der Waals surface area contributed by atoms with Crippen molar-refractivity contribution < 1.29 is 4.39 Å². The normalized spacial score (nSPS) is 10.9. The van der Waals surface area contributed by atoms with Crippen LogP contribution in [0.15, 0.2) is 35.1 Å². The van der Waals surface area contributed by atoms with E-state index in [2.05, 4.69) is 15.2 Å². The lowest BCUT2D eigenvalue weighted by Gasteiger charge is -2.00. The molecule has 0 unspecified atom stereocenters. The summed E-state index contributed by atoms with van der Waals surface area (Å²) in [5, 5.41) is 6.25. The molecular weight excluding hydrogens is 237 g/mol. The Morgan fingerprint density at radius 1 is 1.28 bits per heavy atom. The Labute approximate surface area is 99.9 Å². The lowest BCUT2D eigenvalue weighted by atomic mass is 10.1. The molecular formula is C11H8FN5O. The highest BCUT2D eigenvalue weighted by Gasteiger charge is 2.08. The van der Waals surface area contributed by atoms with Crippen molar-refractivity contribution in [3.8, 4) is 11.3 Å². The first-order valence-electron chi connectivity index (χ1n) is 5.15. The molecule has 0 atom stereocenters. The van der Waals surface area contributed by atoms with Crippen molar-refractivity contribution in [1.82, 2.24) is 19.6 Å². The first-order valence-corrected chi connectivity index (χ1v) is 5.15. The molecule has 0 bridgehead atoms. The fourth-order valence-electron chi connectivity index (χ4n) is 1.70. The van der Waals surface area contributed by atoms with Gasteiger partial charge in [0.2, 0.25) is 11.7 Å². The lowest BCUT2D eigenvalue weighted by molar-refractivity contribution is 0.628. The van der Waals surface area contributed by atoms with Crippen LogP contribution < -0.4 is 11.3 Å². The van der Waals surface area contributed by atoms with Gasteiger partial charge in [0.1, 0.15) is 5.82 Å². The molecule has 7 heteroatoms. The zero-order valence-electron chi connectivity index (χ0n) is 9.09. The molecule has 0 saturated heterocycles. The maximum absolute atomic E-state index is 12.8. The van der Waals surface area contributed by atoms with Gasteiger partial charge in [0.15, 0.2) is 0 Å². The number of nitrogens with zero attached hydrogens (tertiary/aromatic N) is 3. The van der Waals surface area contributed by atoms with Gasteiger partial charge in [-0.3, -0.25) is 4.79 Å². The molecule has 3 aromatic rings. The van der Waals surface area contributed by atoms with Gasteiger partial charge in [-0.2, -0.15) is 0 Å². The summed E-state index contributed by atoms with van der Waals surface area (Å²) in [6, 6.07) is 7.03. The van der Waals surface area contributed by atoms with Crippen LogP contribution in [-0.2, 0) is 0 Å². The molecule has 0 aliphatic rings. The van der Waals surface area contributed by atoms with Crippen LogP contribution in [0.1, 0.15) is 0 Å². The smallest absolute Gasteiger partial charge is 0.262 e. The molecule has 1 aromatic carbocycles. The maximum Gasteiger partial charge on any atom is 0.262 e. The molecule has 3 N–H and O–H groups in total. The van der Waals surface area contributed by atoms with Gasteiger partial charge >= 0.3 is 0 Å². The van der Waals surface area contributed by atoms with Crippen molar-refractivity contribution in [3.05, 3.63) is 46.5 Å². The Bertz CT molecular complexity index is 774. The maximum atomic E-state index is 12.8. The Kier molecular flexibility index (Phi) is 2.12. The standard InChI is InChI=1S/C11H8FN5O/c12-7-3-1-6(2-4-7)8-5-9(18)17-10(13)15-16-11(17)14-8/h1-5H,(H2,13,15)(H,14,16). The van der Waals surface area contributed by atoms with Gasteiger partial charge < -0.3 is 5.73 Å². The number of rotatable bonds is 1. The third-order valence-electron chi connectivity index (χ3n) is 2.56. The monoisotopic (exact) mass is 245 g/mol. The number of nitrogens with one attached hydrogen (secondary N) is 1. The number of benzene rings is 1. The van der Waals surface area contributed by atoms with E-state index in [4.69, 9.17) is 5.73 Å². The first kappa shape index (κ1) is 10.5. The van der Waals surface area contributed by atoms with Crippen molar-refractivity contribution in [1.29, 1.82) is 0 Å². The van der Waals surface area contributed by atoms with E-state index in [-0.39, 0.29) is 23.1 Å². The molecule has 18 heavy (non-hydrogen) atoms. The number of nitrogens with two attached hydrogens (primary N) is 1. The topological polar surface area (TPSA) is 89.1 Å². The second-order valence-electron chi connectivity index (χ2n) is 3.73. The molecule has 3 rings (SSSR count). The molecule has 0 amide bonds. The minimum Gasteiger partial charge on any atom is -0.368 e. The number of nitrogen functional groups attached to an aromatic ring is 1. The van der Waals surface area contributed by atoms with Crippen LogP contribution in [-0.4, -0.2) is 19.6 Å². The van der Waals surface area contributed by atoms with Crippen molar-refractivity contribution in [3.63, 3.8) is 0 Å². The largest absolute Gasteiger partial charge is 0.368 e. The second kappa shape index (κ2) is 3.66. The van der Waals surface area contributed by atoms with Gasteiger partial charge in [0.25, 0.3) is 5.56 Å². The van der Waals surface area contributed by atoms with Crippen molar-refractivity contribution in [2.45, 2.75) is 0 Å². The summed E-state index contributed by atoms with van der Waals surface area (Å²) in [5.41, 5.74) is 6.25. The molecule has 6 nitrogen and oxygen atoms in total. The van der Waals surface area contributed by atoms with E-state index in [1.54, 1.807) is 12.1 Å². The number of hydrogen-bond acceptors (Lipinski definition) is 4. The van der Waals surface area contributed by atoms with Gasteiger partial charge in [-0.25, -0.2) is 18.9 Å². The van der Waals surface area contributed by atoms with E-state index >= 15 is 0 Å². The zero-order chi connectivity index (χ0) is 12.7. The molecule has 0 radical (unpaired) electrons. The number of aromatic nitrogens is 4. The molecule has 2 aromatic heterocycles. The highest BCUT2D eigenvalue weighted by Crippen LogP contribution is 2.16. The molecule has 2 heterocycles. The number of halogens is 1. The van der Waals surface area contributed by atoms with Crippen molar-refractivity contribution in [2.75, 3.05) is 5.73 Å². The van der Waals surface area contributed by atoms with Gasteiger partial charge in [-0.15, -0.1) is 5.10 Å². The van der Waals surface area contributed by atoms with Crippen LogP contribution in [0.4, 0.5) is 10.3 Å². The Morgan fingerprint density at radius 2 is 2.00 bits per heavy atom. The van der Waals surface area contributed by atoms with Crippen LogP contribution >= 0.6 is 0 Å². The molecule has 0 fully saturated rings.